The van der Waals surface area contributed by atoms with Crippen LogP contribution in [0.4, 0.5) is 0 Å². The highest BCUT2D eigenvalue weighted by Gasteiger charge is 2.06. The summed E-state index contributed by atoms with van der Waals surface area (Å²) >= 11 is 0. The van der Waals surface area contributed by atoms with Crippen molar-refractivity contribution in [1.29, 1.82) is 0 Å². The Balaban J connectivity index is 4.13. The zero-order valence-corrected chi connectivity index (χ0v) is 10.4. The van der Waals surface area contributed by atoms with Gasteiger partial charge < -0.3 is 0 Å². The molecule has 2 atom stereocenters. The second-order valence-electron chi connectivity index (χ2n) is 4.02. The van der Waals surface area contributed by atoms with Gasteiger partial charge in [0.1, 0.15) is 0 Å². The third-order valence-corrected chi connectivity index (χ3v) is 2.85. The molecule has 0 rings (SSSR count). The molecule has 0 aliphatic rings. The minimum Gasteiger partial charge on any atom is -0.290 e. The molecule has 14 heavy (non-hydrogen) atoms. The van der Waals surface area contributed by atoms with Crippen LogP contribution >= 0.6 is 0 Å². The van der Waals surface area contributed by atoms with Gasteiger partial charge in [-0.05, 0) is 31.8 Å². The van der Waals surface area contributed by atoms with Gasteiger partial charge in [0.2, 0.25) is 0 Å². The van der Waals surface area contributed by atoms with Gasteiger partial charge in [-0.3, -0.25) is 4.99 Å². The van der Waals surface area contributed by atoms with Gasteiger partial charge >= 0.3 is 0 Å². The topological polar surface area (TPSA) is 12.4 Å². The zero-order chi connectivity index (χ0) is 11.0. The summed E-state index contributed by atoms with van der Waals surface area (Å²) < 4.78 is 0. The van der Waals surface area contributed by atoms with E-state index >= 15 is 0 Å². The lowest BCUT2D eigenvalue weighted by molar-refractivity contribution is 0.473. The highest BCUT2D eigenvalue weighted by Crippen LogP contribution is 2.11. The molecular weight excluding hydrogens is 170 g/mol. The molecule has 0 saturated heterocycles. The van der Waals surface area contributed by atoms with Crippen molar-refractivity contribution in [1.82, 2.24) is 0 Å². The Morgan fingerprint density at radius 1 is 1.29 bits per heavy atom. The quantitative estimate of drug-likeness (QED) is 0.562. The second kappa shape index (κ2) is 7.78. The molecule has 0 aromatic carbocycles. The first-order valence-corrected chi connectivity index (χ1v) is 5.84. The Labute approximate surface area is 89.3 Å². The van der Waals surface area contributed by atoms with E-state index in [-0.39, 0.29) is 0 Å². The van der Waals surface area contributed by atoms with E-state index in [1.807, 2.05) is 0 Å². The van der Waals surface area contributed by atoms with Crippen LogP contribution in [0, 0.1) is 5.92 Å². The standard InChI is InChI=1S/C13H25N/c1-6-9-13(8-3)10-14-12(5)11(4)7-2/h8,10-12H,6-7,9H2,1-5H3/b13-8-,14-10?. The number of hydrogen-bond acceptors (Lipinski definition) is 1. The summed E-state index contributed by atoms with van der Waals surface area (Å²) in [6, 6.07) is 0.451. The van der Waals surface area contributed by atoms with Crippen LogP contribution < -0.4 is 0 Å². The maximum absolute atomic E-state index is 4.59. The van der Waals surface area contributed by atoms with Gasteiger partial charge in [0.05, 0.1) is 0 Å². The van der Waals surface area contributed by atoms with Crippen molar-refractivity contribution >= 4 is 6.21 Å². The average molecular weight is 195 g/mol. The van der Waals surface area contributed by atoms with E-state index in [1.54, 1.807) is 0 Å². The molecule has 0 aromatic heterocycles. The summed E-state index contributed by atoms with van der Waals surface area (Å²) in [5.41, 5.74) is 1.36. The fourth-order valence-corrected chi connectivity index (χ4v) is 1.27. The Kier molecular flexibility index (Phi) is 7.45. The summed E-state index contributed by atoms with van der Waals surface area (Å²) in [5.74, 6) is 0.686. The van der Waals surface area contributed by atoms with Crippen molar-refractivity contribution in [2.45, 2.75) is 59.9 Å². The molecule has 1 heteroatoms. The van der Waals surface area contributed by atoms with Crippen molar-refractivity contribution in [3.8, 4) is 0 Å². The van der Waals surface area contributed by atoms with Crippen molar-refractivity contribution in [3.63, 3.8) is 0 Å². The number of aliphatic imine (C=N–C) groups is 1. The molecule has 0 aliphatic carbocycles. The molecule has 0 heterocycles. The van der Waals surface area contributed by atoms with E-state index in [0.717, 1.165) is 6.42 Å². The summed E-state index contributed by atoms with van der Waals surface area (Å²) in [4.78, 5) is 4.59. The van der Waals surface area contributed by atoms with Crippen LogP contribution in [0.3, 0.4) is 0 Å². The van der Waals surface area contributed by atoms with Crippen LogP contribution in [0.25, 0.3) is 0 Å². The zero-order valence-electron chi connectivity index (χ0n) is 10.4. The minimum atomic E-state index is 0.451. The van der Waals surface area contributed by atoms with Crippen LogP contribution in [0.15, 0.2) is 16.6 Å². The first-order chi connectivity index (χ1) is 6.65. The number of allylic oxidation sites excluding steroid dienone is 2. The fraction of sp³-hybridized carbons (Fsp3) is 0.769. The summed E-state index contributed by atoms with van der Waals surface area (Å²) in [6.07, 6.45) is 7.77. The average Bonchev–Trinajstić information content (AvgIpc) is 2.22. The molecule has 0 spiro atoms. The predicted molar refractivity (Wildman–Crippen MR) is 66.1 cm³/mol. The molecule has 0 aromatic rings. The number of hydrogen-bond donors (Lipinski definition) is 0. The molecule has 0 amide bonds. The normalized spacial score (nSPS) is 17.4. The molecular formula is C13H25N. The Morgan fingerprint density at radius 2 is 1.93 bits per heavy atom. The second-order valence-corrected chi connectivity index (χ2v) is 4.02. The summed E-state index contributed by atoms with van der Waals surface area (Å²) in [7, 11) is 0. The minimum absolute atomic E-state index is 0.451. The molecule has 0 fully saturated rings. The van der Waals surface area contributed by atoms with E-state index < -0.39 is 0 Å². The van der Waals surface area contributed by atoms with Crippen LogP contribution in [0.2, 0.25) is 0 Å². The van der Waals surface area contributed by atoms with Gasteiger partial charge in [0, 0.05) is 12.3 Å². The number of rotatable bonds is 6. The third kappa shape index (κ3) is 5.21. The van der Waals surface area contributed by atoms with Crippen molar-refractivity contribution in [2.75, 3.05) is 0 Å². The van der Waals surface area contributed by atoms with Crippen LogP contribution in [0.1, 0.15) is 53.9 Å². The van der Waals surface area contributed by atoms with Gasteiger partial charge in [-0.15, -0.1) is 0 Å². The summed E-state index contributed by atoms with van der Waals surface area (Å²) in [6.45, 7) is 11.0. The number of nitrogens with zero attached hydrogens (tertiary/aromatic N) is 1. The van der Waals surface area contributed by atoms with E-state index in [1.165, 1.54) is 18.4 Å². The van der Waals surface area contributed by atoms with Gasteiger partial charge in [0.25, 0.3) is 0 Å². The molecule has 0 bridgehead atoms. The summed E-state index contributed by atoms with van der Waals surface area (Å²) in [5, 5.41) is 0. The maximum atomic E-state index is 4.59. The van der Waals surface area contributed by atoms with Gasteiger partial charge in [-0.25, -0.2) is 0 Å². The molecule has 2 unspecified atom stereocenters. The smallest absolute Gasteiger partial charge is 0.0496 e. The lowest BCUT2D eigenvalue weighted by atomic mass is 10.0. The largest absolute Gasteiger partial charge is 0.290 e. The van der Waals surface area contributed by atoms with Crippen LogP contribution in [0.5, 0.6) is 0 Å². The molecule has 0 N–H and O–H groups in total. The Morgan fingerprint density at radius 3 is 2.36 bits per heavy atom. The molecule has 0 saturated carbocycles. The van der Waals surface area contributed by atoms with Crippen molar-refractivity contribution in [3.05, 3.63) is 11.6 Å². The molecule has 0 radical (unpaired) electrons. The van der Waals surface area contributed by atoms with E-state index in [0.29, 0.717) is 12.0 Å². The molecule has 0 aliphatic heterocycles. The van der Waals surface area contributed by atoms with Gasteiger partial charge in [-0.1, -0.05) is 39.7 Å². The highest BCUT2D eigenvalue weighted by molar-refractivity contribution is 5.78. The third-order valence-electron chi connectivity index (χ3n) is 2.85. The lowest BCUT2D eigenvalue weighted by Gasteiger charge is -2.13. The lowest BCUT2D eigenvalue weighted by Crippen LogP contribution is -2.10. The van der Waals surface area contributed by atoms with Crippen molar-refractivity contribution < 1.29 is 0 Å². The maximum Gasteiger partial charge on any atom is 0.0496 e. The fourth-order valence-electron chi connectivity index (χ4n) is 1.27. The predicted octanol–water partition coefficient (Wildman–Crippen LogP) is 4.24. The van der Waals surface area contributed by atoms with Gasteiger partial charge in [-0.2, -0.15) is 0 Å². The van der Waals surface area contributed by atoms with Gasteiger partial charge in [0.15, 0.2) is 0 Å². The Bertz CT molecular complexity index is 191. The SMILES string of the molecule is C/C=C(\C=NC(C)C(C)CC)CCC. The molecule has 1 nitrogen and oxygen atoms in total. The monoisotopic (exact) mass is 195 g/mol. The van der Waals surface area contributed by atoms with E-state index in [4.69, 9.17) is 0 Å². The van der Waals surface area contributed by atoms with Crippen LogP contribution in [-0.4, -0.2) is 12.3 Å². The Hall–Kier alpha value is -0.590. The van der Waals surface area contributed by atoms with Crippen LogP contribution in [-0.2, 0) is 0 Å². The van der Waals surface area contributed by atoms with E-state index in [9.17, 15) is 0 Å². The van der Waals surface area contributed by atoms with Crippen molar-refractivity contribution in [2.24, 2.45) is 10.9 Å². The first-order valence-electron chi connectivity index (χ1n) is 5.84. The highest BCUT2D eigenvalue weighted by atomic mass is 14.8. The molecule has 82 valence electrons. The first kappa shape index (κ1) is 13.4. The van der Waals surface area contributed by atoms with E-state index in [2.05, 4.69) is 51.9 Å².